The molecule has 0 atom stereocenters. The van der Waals surface area contributed by atoms with Crippen molar-refractivity contribution < 1.29 is 0 Å². The predicted octanol–water partition coefficient (Wildman–Crippen LogP) is 2.09. The van der Waals surface area contributed by atoms with Crippen molar-refractivity contribution in [3.05, 3.63) is 30.0 Å². The van der Waals surface area contributed by atoms with Crippen LogP contribution in [0.3, 0.4) is 0 Å². The summed E-state index contributed by atoms with van der Waals surface area (Å²) < 4.78 is 0. The van der Waals surface area contributed by atoms with E-state index in [0.29, 0.717) is 12.0 Å². The number of nitrogens with two attached hydrogens (primary N) is 1. The second-order valence-electron chi connectivity index (χ2n) is 5.16. The Labute approximate surface area is 107 Å². The molecule has 1 aliphatic carbocycles. The van der Waals surface area contributed by atoms with Gasteiger partial charge in [0.1, 0.15) is 0 Å². The Morgan fingerprint density at radius 3 is 2.67 bits per heavy atom. The zero-order valence-electron chi connectivity index (χ0n) is 10.6. The molecule has 1 saturated carbocycles. The summed E-state index contributed by atoms with van der Waals surface area (Å²) in [6.07, 6.45) is 2.23. The van der Waals surface area contributed by atoms with Crippen molar-refractivity contribution in [1.82, 2.24) is 10.2 Å². The zero-order valence-corrected chi connectivity index (χ0v) is 10.6. The highest BCUT2D eigenvalue weighted by Gasteiger charge is 2.25. The summed E-state index contributed by atoms with van der Waals surface area (Å²) in [6.45, 7) is 2.93. The van der Waals surface area contributed by atoms with Crippen LogP contribution in [0.2, 0.25) is 0 Å². The van der Waals surface area contributed by atoms with Crippen LogP contribution in [-0.4, -0.2) is 22.8 Å². The van der Waals surface area contributed by atoms with Crippen molar-refractivity contribution in [1.29, 1.82) is 0 Å². The van der Waals surface area contributed by atoms with E-state index < -0.39 is 0 Å². The van der Waals surface area contributed by atoms with E-state index in [2.05, 4.69) is 27.6 Å². The Morgan fingerprint density at radius 2 is 1.94 bits per heavy atom. The number of anilines is 1. The minimum atomic E-state index is 0.401. The first-order valence-corrected chi connectivity index (χ1v) is 6.45. The number of hydrogen-bond donors (Lipinski definition) is 2. The second-order valence-corrected chi connectivity index (χ2v) is 5.16. The molecule has 1 heterocycles. The molecule has 0 radical (unpaired) electrons. The number of fused-ring (bicyclic) bond motifs is 1. The van der Waals surface area contributed by atoms with Crippen LogP contribution >= 0.6 is 0 Å². The third-order valence-electron chi connectivity index (χ3n) is 3.70. The number of nitrogens with one attached hydrogen (secondary N) is 1. The van der Waals surface area contributed by atoms with Crippen molar-refractivity contribution in [2.24, 2.45) is 11.7 Å². The molecule has 4 nitrogen and oxygen atoms in total. The Hall–Kier alpha value is -1.68. The summed E-state index contributed by atoms with van der Waals surface area (Å²) in [5, 5.41) is 14.2. The molecule has 0 amide bonds. The van der Waals surface area contributed by atoms with Crippen molar-refractivity contribution >= 4 is 16.6 Å². The van der Waals surface area contributed by atoms with Gasteiger partial charge in [-0.3, -0.25) is 0 Å². The molecule has 0 spiro atoms. The summed E-state index contributed by atoms with van der Waals surface area (Å²) >= 11 is 0. The maximum absolute atomic E-state index is 5.79. The van der Waals surface area contributed by atoms with Crippen molar-refractivity contribution in [2.45, 2.75) is 25.8 Å². The topological polar surface area (TPSA) is 63.8 Å². The highest BCUT2D eigenvalue weighted by atomic mass is 15.2. The fourth-order valence-corrected chi connectivity index (χ4v) is 2.56. The second kappa shape index (κ2) is 4.53. The van der Waals surface area contributed by atoms with Gasteiger partial charge < -0.3 is 11.1 Å². The lowest BCUT2D eigenvalue weighted by Crippen LogP contribution is -2.39. The van der Waals surface area contributed by atoms with E-state index in [4.69, 9.17) is 5.73 Å². The van der Waals surface area contributed by atoms with Gasteiger partial charge >= 0.3 is 0 Å². The summed E-state index contributed by atoms with van der Waals surface area (Å²) in [5.74, 6) is 1.57. The van der Waals surface area contributed by atoms with Crippen molar-refractivity contribution in [3.63, 3.8) is 0 Å². The molecule has 3 N–H and O–H groups in total. The maximum atomic E-state index is 5.79. The molecular formula is C14H18N4. The zero-order chi connectivity index (χ0) is 12.5. The first kappa shape index (κ1) is 11.4. The van der Waals surface area contributed by atoms with Gasteiger partial charge in [-0.25, -0.2) is 0 Å². The van der Waals surface area contributed by atoms with Gasteiger partial charge in [0.05, 0.1) is 5.69 Å². The van der Waals surface area contributed by atoms with E-state index in [1.54, 1.807) is 0 Å². The van der Waals surface area contributed by atoms with Crippen LogP contribution in [0.1, 0.15) is 18.5 Å². The normalized spacial score (nSPS) is 22.8. The molecule has 4 heteroatoms. The number of nitrogens with zero attached hydrogens (tertiary/aromatic N) is 2. The smallest absolute Gasteiger partial charge is 0.156 e. The summed E-state index contributed by atoms with van der Waals surface area (Å²) in [4.78, 5) is 0. The summed E-state index contributed by atoms with van der Waals surface area (Å²) in [5.41, 5.74) is 6.77. The van der Waals surface area contributed by atoms with E-state index in [9.17, 15) is 0 Å². The third kappa shape index (κ3) is 2.04. The van der Waals surface area contributed by atoms with Crippen LogP contribution in [0.25, 0.3) is 10.8 Å². The van der Waals surface area contributed by atoms with Gasteiger partial charge in [-0.2, -0.15) is 5.10 Å². The average Bonchev–Trinajstić information content (AvgIpc) is 2.36. The molecule has 0 saturated heterocycles. The Kier molecular flexibility index (Phi) is 2.88. The molecule has 1 fully saturated rings. The minimum Gasteiger partial charge on any atom is -0.368 e. The van der Waals surface area contributed by atoms with Gasteiger partial charge in [0.2, 0.25) is 0 Å². The van der Waals surface area contributed by atoms with Gasteiger partial charge in [0, 0.05) is 23.4 Å². The third-order valence-corrected chi connectivity index (χ3v) is 3.70. The molecular weight excluding hydrogens is 224 g/mol. The van der Waals surface area contributed by atoms with Crippen molar-refractivity contribution in [3.8, 4) is 0 Å². The van der Waals surface area contributed by atoms with E-state index in [0.717, 1.165) is 36.3 Å². The van der Waals surface area contributed by atoms with Gasteiger partial charge in [-0.1, -0.05) is 24.3 Å². The molecule has 0 unspecified atom stereocenters. The number of benzene rings is 1. The molecule has 1 aromatic carbocycles. The van der Waals surface area contributed by atoms with Crippen LogP contribution in [0.15, 0.2) is 24.3 Å². The molecule has 2 aromatic rings. The molecule has 3 rings (SSSR count). The summed E-state index contributed by atoms with van der Waals surface area (Å²) in [6, 6.07) is 8.65. The molecule has 18 heavy (non-hydrogen) atoms. The van der Waals surface area contributed by atoms with Crippen molar-refractivity contribution in [2.75, 3.05) is 11.9 Å². The molecule has 94 valence electrons. The highest BCUT2D eigenvalue weighted by molar-refractivity contribution is 5.92. The fraction of sp³-hybridized carbons (Fsp3) is 0.429. The SMILES string of the molecule is Cc1nnc(NCC2CC(N)C2)c2ccccc12. The Balaban J connectivity index is 1.81. The molecule has 1 aliphatic rings. The molecule has 0 bridgehead atoms. The standard InChI is InChI=1S/C14H18N4/c1-9-12-4-2-3-5-13(12)14(18-17-9)16-8-10-6-11(15)7-10/h2-5,10-11H,6-8,15H2,1H3,(H,16,18). The molecule has 1 aromatic heterocycles. The van der Waals surface area contributed by atoms with Crippen LogP contribution in [0.4, 0.5) is 5.82 Å². The van der Waals surface area contributed by atoms with Crippen LogP contribution in [0.5, 0.6) is 0 Å². The van der Waals surface area contributed by atoms with E-state index in [1.165, 1.54) is 5.39 Å². The van der Waals surface area contributed by atoms with Crippen LogP contribution in [0, 0.1) is 12.8 Å². The van der Waals surface area contributed by atoms with E-state index in [1.807, 2.05) is 19.1 Å². The number of aryl methyl sites for hydroxylation is 1. The van der Waals surface area contributed by atoms with Gasteiger partial charge in [0.15, 0.2) is 5.82 Å². The molecule has 0 aliphatic heterocycles. The van der Waals surface area contributed by atoms with Crippen LogP contribution in [-0.2, 0) is 0 Å². The largest absolute Gasteiger partial charge is 0.368 e. The quantitative estimate of drug-likeness (QED) is 0.865. The summed E-state index contributed by atoms with van der Waals surface area (Å²) in [7, 11) is 0. The van der Waals surface area contributed by atoms with E-state index >= 15 is 0 Å². The fourth-order valence-electron chi connectivity index (χ4n) is 2.56. The maximum Gasteiger partial charge on any atom is 0.156 e. The average molecular weight is 242 g/mol. The first-order chi connectivity index (χ1) is 8.74. The first-order valence-electron chi connectivity index (χ1n) is 6.45. The number of hydrogen-bond acceptors (Lipinski definition) is 4. The van der Waals surface area contributed by atoms with Gasteiger partial charge in [0.25, 0.3) is 0 Å². The lowest BCUT2D eigenvalue weighted by Gasteiger charge is -2.32. The Morgan fingerprint density at radius 1 is 1.22 bits per heavy atom. The predicted molar refractivity (Wildman–Crippen MR) is 73.5 cm³/mol. The highest BCUT2D eigenvalue weighted by Crippen LogP contribution is 2.27. The van der Waals surface area contributed by atoms with Gasteiger partial charge in [-0.05, 0) is 25.7 Å². The van der Waals surface area contributed by atoms with Gasteiger partial charge in [-0.15, -0.1) is 5.10 Å². The van der Waals surface area contributed by atoms with Crippen LogP contribution < -0.4 is 11.1 Å². The number of aromatic nitrogens is 2. The minimum absolute atomic E-state index is 0.401. The lowest BCUT2D eigenvalue weighted by atomic mass is 9.81. The number of rotatable bonds is 3. The van der Waals surface area contributed by atoms with E-state index in [-0.39, 0.29) is 0 Å². The lowest BCUT2D eigenvalue weighted by molar-refractivity contribution is 0.280. The monoisotopic (exact) mass is 242 g/mol. The Bertz CT molecular complexity index is 561.